The van der Waals surface area contributed by atoms with Crippen LogP contribution in [0, 0.1) is 6.92 Å². The van der Waals surface area contributed by atoms with Crippen molar-refractivity contribution in [2.24, 2.45) is 7.05 Å². The van der Waals surface area contributed by atoms with E-state index < -0.39 is 0 Å². The highest BCUT2D eigenvalue weighted by atomic mass is 16.2. The van der Waals surface area contributed by atoms with Crippen LogP contribution in [-0.2, 0) is 11.8 Å². The average molecular weight is 487 g/mol. The van der Waals surface area contributed by atoms with E-state index in [0.29, 0.717) is 46.9 Å². The van der Waals surface area contributed by atoms with Crippen LogP contribution in [0.4, 0.5) is 11.4 Å². The fourth-order valence-electron chi connectivity index (χ4n) is 4.70. The standard InChI is InChI=1S/C26H30N8O2/c1-15-5-6-16(2)34(15)14-24(35)30-21-9-22(17(3)27-12-21)32-26(36)19-7-18-8-23(31-25(18)28-10-19)20-11-29-33(4)13-20/h7-13,15-16H,5-6,14H2,1-4H3,(H,28,31)(H,30,35)(H,32,36)/t15-,16-/m1/s1. The van der Waals surface area contributed by atoms with E-state index in [-0.39, 0.29) is 11.8 Å². The van der Waals surface area contributed by atoms with Crippen LogP contribution in [0.25, 0.3) is 22.3 Å². The molecule has 1 aliphatic heterocycles. The minimum Gasteiger partial charge on any atom is -0.339 e. The first-order valence-electron chi connectivity index (χ1n) is 12.1. The van der Waals surface area contributed by atoms with Gasteiger partial charge in [0.15, 0.2) is 0 Å². The number of aromatic nitrogens is 5. The largest absolute Gasteiger partial charge is 0.339 e. The molecule has 10 nitrogen and oxygen atoms in total. The number of fused-ring (bicyclic) bond motifs is 1. The second-order valence-electron chi connectivity index (χ2n) is 9.55. The lowest BCUT2D eigenvalue weighted by atomic mass is 10.2. The van der Waals surface area contributed by atoms with Gasteiger partial charge in [0.2, 0.25) is 5.91 Å². The fourth-order valence-corrected chi connectivity index (χ4v) is 4.70. The SMILES string of the molecule is Cc1ncc(NC(=O)CN2[C@H](C)CC[C@H]2C)cc1NC(=O)c1cnc2[nH]c(-c3cnn(C)c3)cc2c1. The molecule has 3 N–H and O–H groups in total. The Balaban J connectivity index is 1.29. The molecule has 0 radical (unpaired) electrons. The van der Waals surface area contributed by atoms with E-state index in [2.05, 4.69) is 49.4 Å². The van der Waals surface area contributed by atoms with Crippen LogP contribution in [0.5, 0.6) is 0 Å². The Hall–Kier alpha value is -4.05. The van der Waals surface area contributed by atoms with Gasteiger partial charge >= 0.3 is 0 Å². The number of carbonyl (C=O) groups is 2. The summed E-state index contributed by atoms with van der Waals surface area (Å²) >= 11 is 0. The molecule has 2 amide bonds. The zero-order valence-electron chi connectivity index (χ0n) is 20.9. The second kappa shape index (κ2) is 9.54. The molecule has 0 saturated carbocycles. The molecule has 36 heavy (non-hydrogen) atoms. The first kappa shape index (κ1) is 23.7. The summed E-state index contributed by atoms with van der Waals surface area (Å²) in [6.45, 7) is 6.44. The lowest BCUT2D eigenvalue weighted by Gasteiger charge is -2.25. The second-order valence-corrected chi connectivity index (χ2v) is 9.55. The number of rotatable bonds is 6. The smallest absolute Gasteiger partial charge is 0.257 e. The van der Waals surface area contributed by atoms with Crippen molar-refractivity contribution in [3.63, 3.8) is 0 Å². The number of nitrogens with zero attached hydrogens (tertiary/aromatic N) is 5. The molecule has 0 bridgehead atoms. The molecule has 186 valence electrons. The summed E-state index contributed by atoms with van der Waals surface area (Å²) in [7, 11) is 1.86. The van der Waals surface area contributed by atoms with Gasteiger partial charge in [-0.3, -0.25) is 24.2 Å². The summed E-state index contributed by atoms with van der Waals surface area (Å²) in [5.41, 5.74) is 4.66. The van der Waals surface area contributed by atoms with Crippen molar-refractivity contribution in [1.29, 1.82) is 0 Å². The van der Waals surface area contributed by atoms with Gasteiger partial charge in [-0.1, -0.05) is 0 Å². The van der Waals surface area contributed by atoms with Crippen LogP contribution < -0.4 is 10.6 Å². The number of hydrogen-bond donors (Lipinski definition) is 3. The first-order chi connectivity index (χ1) is 17.3. The van der Waals surface area contributed by atoms with Crippen LogP contribution in [0.3, 0.4) is 0 Å². The van der Waals surface area contributed by atoms with Gasteiger partial charge in [-0.05, 0) is 51.8 Å². The average Bonchev–Trinajstić information content (AvgIpc) is 3.55. The molecule has 2 atom stereocenters. The molecule has 0 aromatic carbocycles. The zero-order valence-corrected chi connectivity index (χ0v) is 20.9. The lowest BCUT2D eigenvalue weighted by molar-refractivity contribution is -0.117. The third kappa shape index (κ3) is 4.85. The number of H-pyrrole nitrogens is 1. The number of nitrogens with one attached hydrogen (secondary N) is 3. The van der Waals surface area contributed by atoms with Gasteiger partial charge < -0.3 is 15.6 Å². The van der Waals surface area contributed by atoms with Crippen molar-refractivity contribution >= 4 is 34.2 Å². The highest BCUT2D eigenvalue weighted by molar-refractivity contribution is 6.06. The van der Waals surface area contributed by atoms with E-state index in [0.717, 1.165) is 29.5 Å². The summed E-state index contributed by atoms with van der Waals surface area (Å²) in [5, 5.41) is 10.8. The Morgan fingerprint density at radius 2 is 1.83 bits per heavy atom. The van der Waals surface area contributed by atoms with Gasteiger partial charge in [-0.2, -0.15) is 5.10 Å². The number of anilines is 2. The molecule has 4 aromatic heterocycles. The normalized spacial score (nSPS) is 18.0. The predicted molar refractivity (Wildman–Crippen MR) is 139 cm³/mol. The Morgan fingerprint density at radius 1 is 1.06 bits per heavy atom. The number of hydrogen-bond acceptors (Lipinski definition) is 6. The molecular formula is C26H30N8O2. The van der Waals surface area contributed by atoms with Crippen molar-refractivity contribution < 1.29 is 9.59 Å². The molecule has 1 aliphatic rings. The maximum absolute atomic E-state index is 13.0. The van der Waals surface area contributed by atoms with E-state index in [4.69, 9.17) is 0 Å². The topological polar surface area (TPSA) is 121 Å². The van der Waals surface area contributed by atoms with Crippen LogP contribution in [0.15, 0.2) is 43.0 Å². The van der Waals surface area contributed by atoms with E-state index in [1.54, 1.807) is 29.2 Å². The van der Waals surface area contributed by atoms with Gasteiger partial charge in [-0.25, -0.2) is 4.98 Å². The lowest BCUT2D eigenvalue weighted by Crippen LogP contribution is -2.39. The fraction of sp³-hybridized carbons (Fsp3) is 0.346. The Labute approximate surface area is 209 Å². The molecule has 4 aromatic rings. The van der Waals surface area contributed by atoms with Crippen molar-refractivity contribution in [2.45, 2.75) is 45.7 Å². The Morgan fingerprint density at radius 3 is 2.56 bits per heavy atom. The molecule has 1 fully saturated rings. The molecule has 5 heterocycles. The third-order valence-corrected chi connectivity index (χ3v) is 6.83. The van der Waals surface area contributed by atoms with E-state index >= 15 is 0 Å². The predicted octanol–water partition coefficient (Wildman–Crippen LogP) is 3.73. The van der Waals surface area contributed by atoms with Gasteiger partial charge in [-0.15, -0.1) is 0 Å². The molecule has 1 saturated heterocycles. The van der Waals surface area contributed by atoms with Gasteiger partial charge in [0.1, 0.15) is 5.65 Å². The summed E-state index contributed by atoms with van der Waals surface area (Å²) in [5.74, 6) is -0.397. The Kier molecular flexibility index (Phi) is 6.27. The van der Waals surface area contributed by atoms with Crippen LogP contribution in [0.2, 0.25) is 0 Å². The molecule has 10 heteroatoms. The first-order valence-corrected chi connectivity index (χ1v) is 12.1. The minimum atomic E-state index is -0.304. The number of carbonyl (C=O) groups excluding carboxylic acids is 2. The van der Waals surface area contributed by atoms with Crippen molar-refractivity contribution in [1.82, 2.24) is 29.6 Å². The van der Waals surface area contributed by atoms with Crippen LogP contribution in [-0.4, -0.2) is 60.1 Å². The number of aromatic amines is 1. The van der Waals surface area contributed by atoms with Gasteiger partial charge in [0.05, 0.1) is 47.3 Å². The molecular weight excluding hydrogens is 456 g/mol. The van der Waals surface area contributed by atoms with Gasteiger partial charge in [0.25, 0.3) is 5.91 Å². The maximum atomic E-state index is 13.0. The summed E-state index contributed by atoms with van der Waals surface area (Å²) < 4.78 is 1.73. The highest BCUT2D eigenvalue weighted by Crippen LogP contribution is 2.25. The summed E-state index contributed by atoms with van der Waals surface area (Å²) in [6, 6.07) is 6.26. The van der Waals surface area contributed by atoms with Crippen molar-refractivity contribution in [2.75, 3.05) is 17.2 Å². The minimum absolute atomic E-state index is 0.0925. The number of likely N-dealkylation sites (tertiary alicyclic amines) is 1. The van der Waals surface area contributed by atoms with E-state index in [1.165, 1.54) is 6.20 Å². The number of amides is 2. The third-order valence-electron chi connectivity index (χ3n) is 6.83. The molecule has 0 spiro atoms. The maximum Gasteiger partial charge on any atom is 0.257 e. The molecule has 0 aliphatic carbocycles. The van der Waals surface area contributed by atoms with Crippen LogP contribution in [0.1, 0.15) is 42.7 Å². The quantitative estimate of drug-likeness (QED) is 0.382. The van der Waals surface area contributed by atoms with E-state index in [9.17, 15) is 9.59 Å². The summed E-state index contributed by atoms with van der Waals surface area (Å²) in [4.78, 5) is 39.9. The summed E-state index contributed by atoms with van der Waals surface area (Å²) in [6.07, 6.45) is 9.02. The van der Waals surface area contributed by atoms with E-state index in [1.807, 2.05) is 26.2 Å². The Bertz CT molecular complexity index is 1430. The van der Waals surface area contributed by atoms with Gasteiger partial charge in [0, 0.05) is 42.5 Å². The van der Waals surface area contributed by atoms with Crippen molar-refractivity contribution in [3.05, 3.63) is 54.2 Å². The molecule has 0 unspecified atom stereocenters. The monoisotopic (exact) mass is 486 g/mol. The number of pyridine rings is 2. The zero-order chi connectivity index (χ0) is 25.4. The van der Waals surface area contributed by atoms with Crippen LogP contribution >= 0.6 is 0 Å². The highest BCUT2D eigenvalue weighted by Gasteiger charge is 2.28. The molecule has 5 rings (SSSR count). The number of aryl methyl sites for hydroxylation is 2. The van der Waals surface area contributed by atoms with Crippen molar-refractivity contribution in [3.8, 4) is 11.3 Å².